The number of carbonyl (C=O) groups excluding carboxylic acids is 1. The van der Waals surface area contributed by atoms with Gasteiger partial charge in [-0.3, -0.25) is 4.79 Å². The van der Waals surface area contributed by atoms with E-state index in [0.717, 1.165) is 0 Å². The van der Waals surface area contributed by atoms with Gasteiger partial charge in [0.1, 0.15) is 18.8 Å². The van der Waals surface area contributed by atoms with Gasteiger partial charge in [0, 0.05) is 5.69 Å². The van der Waals surface area contributed by atoms with Gasteiger partial charge in [-0.05, 0) is 24.6 Å². The van der Waals surface area contributed by atoms with Gasteiger partial charge < -0.3 is 26.2 Å². The van der Waals surface area contributed by atoms with Crippen molar-refractivity contribution in [2.24, 2.45) is 0 Å². The molecule has 0 aliphatic heterocycles. The summed E-state index contributed by atoms with van der Waals surface area (Å²) in [6.45, 7) is 0.701. The van der Waals surface area contributed by atoms with Crippen LogP contribution in [0.1, 0.15) is 18.1 Å². The number of aliphatic hydroxyl groups is 1. The van der Waals surface area contributed by atoms with Crippen LogP contribution in [-0.4, -0.2) is 40.2 Å². The molecule has 0 radical (unpaired) electrons. The van der Waals surface area contributed by atoms with Crippen LogP contribution in [0, 0.1) is 11.3 Å². The fraction of sp³-hybridized carbons (Fsp3) is 0.294. The fourth-order valence-electron chi connectivity index (χ4n) is 2.22. The molecule has 0 spiro atoms. The van der Waals surface area contributed by atoms with Gasteiger partial charge in [-0.2, -0.15) is 15.2 Å². The summed E-state index contributed by atoms with van der Waals surface area (Å²) >= 11 is 0. The number of nitrogens with two attached hydrogens (primary N) is 1. The van der Waals surface area contributed by atoms with Crippen LogP contribution in [-0.2, 0) is 11.5 Å². The lowest BCUT2D eigenvalue weighted by atomic mass is 10.2. The Morgan fingerprint density at radius 3 is 2.89 bits per heavy atom. The van der Waals surface area contributed by atoms with Gasteiger partial charge in [0.15, 0.2) is 11.4 Å². The standard InChI is InChI=1S/C17H19FN6O3/c1-2-27-16-12(8-19)14(23-17(20)24-16)22-13(9-25)15(26)21-11-5-3-4-10(6-11)7-18/h3-6,13,25H,2,7,9H2,1H3,(H,21,26)(H3,20,22,23,24)/t13-/m0/s1. The van der Waals surface area contributed by atoms with Crippen molar-refractivity contribution in [1.82, 2.24) is 9.97 Å². The average molecular weight is 374 g/mol. The number of amides is 1. The molecular formula is C17H19FN6O3. The quantitative estimate of drug-likeness (QED) is 0.539. The van der Waals surface area contributed by atoms with Gasteiger partial charge in [0.05, 0.1) is 13.2 Å². The number of rotatable bonds is 8. The number of ether oxygens (including phenoxy) is 1. The van der Waals surface area contributed by atoms with Gasteiger partial charge in [-0.15, -0.1) is 0 Å². The number of nitriles is 1. The Bertz CT molecular complexity index is 855. The van der Waals surface area contributed by atoms with E-state index in [9.17, 15) is 19.6 Å². The lowest BCUT2D eigenvalue weighted by Gasteiger charge is -2.18. The van der Waals surface area contributed by atoms with Crippen molar-refractivity contribution in [3.63, 3.8) is 0 Å². The summed E-state index contributed by atoms with van der Waals surface area (Å²) in [4.78, 5) is 20.2. The first-order valence-electron chi connectivity index (χ1n) is 8.05. The Morgan fingerprint density at radius 1 is 1.48 bits per heavy atom. The summed E-state index contributed by atoms with van der Waals surface area (Å²) in [5, 5.41) is 24.1. The number of halogens is 1. The van der Waals surface area contributed by atoms with E-state index in [1.165, 1.54) is 6.07 Å². The molecule has 27 heavy (non-hydrogen) atoms. The summed E-state index contributed by atoms with van der Waals surface area (Å²) < 4.78 is 18.0. The second-order valence-corrected chi connectivity index (χ2v) is 5.36. The molecule has 2 aromatic rings. The molecule has 0 fully saturated rings. The third-order valence-electron chi connectivity index (χ3n) is 3.44. The van der Waals surface area contributed by atoms with Crippen LogP contribution in [0.15, 0.2) is 24.3 Å². The molecule has 0 aliphatic rings. The molecule has 0 saturated heterocycles. The molecular weight excluding hydrogens is 355 g/mol. The number of nitrogens with one attached hydrogen (secondary N) is 2. The van der Waals surface area contributed by atoms with Crippen molar-refractivity contribution in [3.8, 4) is 11.9 Å². The van der Waals surface area contributed by atoms with E-state index in [0.29, 0.717) is 11.3 Å². The minimum atomic E-state index is -1.14. The molecule has 1 heterocycles. The minimum Gasteiger partial charge on any atom is -0.477 e. The number of hydrogen-bond acceptors (Lipinski definition) is 8. The third-order valence-corrected chi connectivity index (χ3v) is 3.44. The number of aliphatic hydroxyl groups excluding tert-OH is 1. The summed E-state index contributed by atoms with van der Waals surface area (Å²) in [6.07, 6.45) is 0. The molecule has 0 aliphatic carbocycles. The van der Waals surface area contributed by atoms with E-state index in [2.05, 4.69) is 20.6 Å². The molecule has 5 N–H and O–H groups in total. The van der Waals surface area contributed by atoms with E-state index >= 15 is 0 Å². The maximum absolute atomic E-state index is 12.7. The van der Waals surface area contributed by atoms with Crippen molar-refractivity contribution in [1.29, 1.82) is 5.26 Å². The largest absolute Gasteiger partial charge is 0.477 e. The topological polar surface area (TPSA) is 146 Å². The SMILES string of the molecule is CCOc1nc(N)nc(N[C@@H](CO)C(=O)Nc2cccc(CF)c2)c1C#N. The summed E-state index contributed by atoms with van der Waals surface area (Å²) in [5.74, 6) is -0.830. The molecule has 10 heteroatoms. The lowest BCUT2D eigenvalue weighted by Crippen LogP contribution is -2.38. The number of benzene rings is 1. The van der Waals surface area contributed by atoms with Crippen LogP contribution < -0.4 is 21.1 Å². The van der Waals surface area contributed by atoms with Crippen molar-refractivity contribution in [2.45, 2.75) is 19.6 Å². The minimum absolute atomic E-state index is 0.0252. The second-order valence-electron chi connectivity index (χ2n) is 5.36. The third kappa shape index (κ3) is 5.02. The maximum Gasteiger partial charge on any atom is 0.249 e. The number of hydrogen-bond donors (Lipinski definition) is 4. The van der Waals surface area contributed by atoms with Crippen molar-refractivity contribution in [2.75, 3.05) is 29.6 Å². The van der Waals surface area contributed by atoms with Gasteiger partial charge in [-0.1, -0.05) is 12.1 Å². The lowest BCUT2D eigenvalue weighted by molar-refractivity contribution is -0.117. The number of anilines is 3. The molecule has 2 rings (SSSR count). The highest BCUT2D eigenvalue weighted by molar-refractivity contribution is 5.96. The fourth-order valence-corrected chi connectivity index (χ4v) is 2.22. The van der Waals surface area contributed by atoms with Crippen LogP contribution in [0.2, 0.25) is 0 Å². The Balaban J connectivity index is 2.23. The molecule has 1 aromatic carbocycles. The summed E-state index contributed by atoms with van der Waals surface area (Å²) in [5.41, 5.74) is 6.34. The van der Waals surface area contributed by atoms with Crippen molar-refractivity contribution < 1.29 is 19.0 Å². The molecule has 0 unspecified atom stereocenters. The highest BCUT2D eigenvalue weighted by Crippen LogP contribution is 2.24. The Labute approximate surface area is 155 Å². The van der Waals surface area contributed by atoms with E-state index < -0.39 is 25.2 Å². The Hall–Kier alpha value is -3.45. The van der Waals surface area contributed by atoms with E-state index in [1.54, 1.807) is 25.1 Å². The second kappa shape index (κ2) is 9.30. The zero-order valence-corrected chi connectivity index (χ0v) is 14.6. The van der Waals surface area contributed by atoms with E-state index in [4.69, 9.17) is 10.5 Å². The smallest absolute Gasteiger partial charge is 0.249 e. The van der Waals surface area contributed by atoms with Crippen LogP contribution in [0.25, 0.3) is 0 Å². The first-order chi connectivity index (χ1) is 13.0. The van der Waals surface area contributed by atoms with Gasteiger partial charge in [0.2, 0.25) is 17.7 Å². The normalized spacial score (nSPS) is 11.3. The summed E-state index contributed by atoms with van der Waals surface area (Å²) in [6, 6.07) is 6.98. The number of aromatic nitrogens is 2. The molecule has 142 valence electrons. The van der Waals surface area contributed by atoms with Crippen molar-refractivity contribution >= 4 is 23.4 Å². The van der Waals surface area contributed by atoms with Crippen LogP contribution in [0.3, 0.4) is 0 Å². The van der Waals surface area contributed by atoms with Crippen molar-refractivity contribution in [3.05, 3.63) is 35.4 Å². The molecule has 1 atom stereocenters. The highest BCUT2D eigenvalue weighted by Gasteiger charge is 2.22. The molecule has 1 amide bonds. The molecule has 0 bridgehead atoms. The van der Waals surface area contributed by atoms with Crippen LogP contribution in [0.5, 0.6) is 5.88 Å². The zero-order valence-electron chi connectivity index (χ0n) is 14.6. The van der Waals surface area contributed by atoms with Gasteiger partial charge in [-0.25, -0.2) is 4.39 Å². The van der Waals surface area contributed by atoms with Crippen LogP contribution >= 0.6 is 0 Å². The van der Waals surface area contributed by atoms with Gasteiger partial charge >= 0.3 is 0 Å². The maximum atomic E-state index is 12.7. The average Bonchev–Trinajstić information content (AvgIpc) is 2.66. The zero-order chi connectivity index (χ0) is 19.8. The van der Waals surface area contributed by atoms with E-state index in [1.807, 2.05) is 6.07 Å². The molecule has 0 saturated carbocycles. The Morgan fingerprint density at radius 2 is 2.26 bits per heavy atom. The number of nitrogen functional groups attached to an aromatic ring is 1. The van der Waals surface area contributed by atoms with Crippen LogP contribution in [0.4, 0.5) is 21.8 Å². The van der Waals surface area contributed by atoms with E-state index in [-0.39, 0.29) is 29.8 Å². The number of alkyl halides is 1. The monoisotopic (exact) mass is 374 g/mol. The Kier molecular flexibility index (Phi) is 6.85. The van der Waals surface area contributed by atoms with Gasteiger partial charge in [0.25, 0.3) is 0 Å². The summed E-state index contributed by atoms with van der Waals surface area (Å²) in [7, 11) is 0. The predicted molar refractivity (Wildman–Crippen MR) is 96.7 cm³/mol. The molecule has 1 aromatic heterocycles. The highest BCUT2D eigenvalue weighted by atomic mass is 19.1. The first-order valence-corrected chi connectivity index (χ1v) is 8.05. The predicted octanol–water partition coefficient (Wildman–Crippen LogP) is 1.21. The molecule has 9 nitrogen and oxygen atoms in total. The number of carbonyl (C=O) groups is 1. The number of nitrogens with zero attached hydrogens (tertiary/aromatic N) is 3. The first kappa shape index (κ1) is 19.9.